The summed E-state index contributed by atoms with van der Waals surface area (Å²) in [5.41, 5.74) is 1.54. The number of thiazole rings is 1. The van der Waals surface area contributed by atoms with Gasteiger partial charge >= 0.3 is 4.87 Å². The van der Waals surface area contributed by atoms with Crippen LogP contribution in [0, 0.1) is 0 Å². The number of fused-ring (bicyclic) bond motifs is 1. The van der Waals surface area contributed by atoms with Gasteiger partial charge in [-0.25, -0.2) is 0 Å². The maximum atomic E-state index is 12.0. The molecule has 0 spiro atoms. The number of carbonyl (C=O) groups excluding carboxylic acids is 1. The topological polar surface area (TPSA) is 60.3 Å². The number of aromatic nitrogens is 1. The van der Waals surface area contributed by atoms with E-state index in [0.717, 1.165) is 10.2 Å². The molecule has 0 atom stereocenters. The van der Waals surface area contributed by atoms with Crippen molar-refractivity contribution in [3.8, 4) is 5.75 Å². The van der Waals surface area contributed by atoms with Crippen molar-refractivity contribution in [3.63, 3.8) is 0 Å². The van der Waals surface area contributed by atoms with Crippen molar-refractivity contribution in [2.45, 2.75) is 19.9 Å². The molecule has 0 unspecified atom stereocenters. The highest BCUT2D eigenvalue weighted by molar-refractivity contribution is 7.16. The van der Waals surface area contributed by atoms with Gasteiger partial charge in [-0.2, -0.15) is 0 Å². The predicted molar refractivity (Wildman–Crippen MR) is 97.0 cm³/mol. The highest BCUT2D eigenvalue weighted by atomic mass is 32.1. The highest BCUT2D eigenvalue weighted by Crippen LogP contribution is 2.24. The third-order valence-corrected chi connectivity index (χ3v) is 4.44. The van der Waals surface area contributed by atoms with Crippen molar-refractivity contribution in [2.24, 2.45) is 0 Å². The van der Waals surface area contributed by atoms with E-state index < -0.39 is 0 Å². The minimum absolute atomic E-state index is 0.0101. The lowest BCUT2D eigenvalue weighted by atomic mass is 10.2. The van der Waals surface area contributed by atoms with Crippen molar-refractivity contribution >= 4 is 33.1 Å². The molecule has 3 rings (SSSR count). The molecule has 1 N–H and O–H groups in total. The molecule has 6 heteroatoms. The number of carbonyl (C=O) groups is 1. The highest BCUT2D eigenvalue weighted by Gasteiger charge is 2.11. The molecule has 2 aromatic carbocycles. The number of amides is 1. The van der Waals surface area contributed by atoms with E-state index in [1.165, 1.54) is 11.3 Å². The summed E-state index contributed by atoms with van der Waals surface area (Å²) in [6, 6.07) is 14.8. The molecule has 0 saturated carbocycles. The lowest BCUT2D eigenvalue weighted by Gasteiger charge is -2.09. The van der Waals surface area contributed by atoms with Crippen LogP contribution in [-0.4, -0.2) is 17.1 Å². The minimum Gasteiger partial charge on any atom is -0.484 e. The van der Waals surface area contributed by atoms with Gasteiger partial charge in [-0.1, -0.05) is 29.5 Å². The van der Waals surface area contributed by atoms with Crippen molar-refractivity contribution in [3.05, 3.63) is 58.2 Å². The number of anilines is 1. The Morgan fingerprint density at radius 1 is 1.21 bits per heavy atom. The zero-order valence-corrected chi connectivity index (χ0v) is 14.3. The average molecular weight is 342 g/mol. The van der Waals surface area contributed by atoms with Gasteiger partial charge in [-0.15, -0.1) is 0 Å². The molecule has 24 heavy (non-hydrogen) atoms. The SMILES string of the molecule is CC(C)n1c(=O)sc2cc(NC(=O)COc3ccccc3)ccc21. The van der Waals surface area contributed by atoms with Crippen LogP contribution in [0.15, 0.2) is 53.3 Å². The Morgan fingerprint density at radius 2 is 1.96 bits per heavy atom. The second-order valence-corrected chi connectivity index (χ2v) is 6.66. The Bertz CT molecular complexity index is 913. The largest absolute Gasteiger partial charge is 0.484 e. The summed E-state index contributed by atoms with van der Waals surface area (Å²) < 4.78 is 8.03. The first-order valence-electron chi connectivity index (χ1n) is 7.67. The van der Waals surface area contributed by atoms with Gasteiger partial charge < -0.3 is 10.1 Å². The number of para-hydroxylation sites is 1. The monoisotopic (exact) mass is 342 g/mol. The fourth-order valence-corrected chi connectivity index (χ4v) is 3.52. The van der Waals surface area contributed by atoms with Crippen LogP contribution in [0.4, 0.5) is 5.69 Å². The summed E-state index contributed by atoms with van der Waals surface area (Å²) in [7, 11) is 0. The van der Waals surface area contributed by atoms with E-state index >= 15 is 0 Å². The van der Waals surface area contributed by atoms with E-state index in [-0.39, 0.29) is 23.4 Å². The second-order valence-electron chi connectivity index (χ2n) is 5.66. The van der Waals surface area contributed by atoms with Gasteiger partial charge in [0.05, 0.1) is 10.2 Å². The first-order chi connectivity index (χ1) is 11.5. The quantitative estimate of drug-likeness (QED) is 0.770. The zero-order valence-electron chi connectivity index (χ0n) is 13.5. The van der Waals surface area contributed by atoms with Crippen LogP contribution in [0.1, 0.15) is 19.9 Å². The third-order valence-electron chi connectivity index (χ3n) is 3.53. The summed E-state index contributed by atoms with van der Waals surface area (Å²) in [5.74, 6) is 0.407. The van der Waals surface area contributed by atoms with Crippen molar-refractivity contribution in [1.82, 2.24) is 4.57 Å². The van der Waals surface area contributed by atoms with E-state index in [0.29, 0.717) is 11.4 Å². The molecule has 5 nitrogen and oxygen atoms in total. The number of nitrogens with one attached hydrogen (secondary N) is 1. The lowest BCUT2D eigenvalue weighted by Crippen LogP contribution is -2.20. The van der Waals surface area contributed by atoms with E-state index in [1.54, 1.807) is 22.8 Å². The van der Waals surface area contributed by atoms with Crippen molar-refractivity contribution in [1.29, 1.82) is 0 Å². The van der Waals surface area contributed by atoms with E-state index in [1.807, 2.05) is 44.2 Å². The van der Waals surface area contributed by atoms with Crippen molar-refractivity contribution in [2.75, 3.05) is 11.9 Å². The Labute approximate surface area is 143 Å². The molecule has 0 fully saturated rings. The van der Waals surface area contributed by atoms with Gasteiger partial charge in [-0.3, -0.25) is 14.2 Å². The fraction of sp³-hybridized carbons (Fsp3) is 0.222. The Kier molecular flexibility index (Phi) is 4.66. The normalized spacial score (nSPS) is 11.0. The van der Waals surface area contributed by atoms with Crippen molar-refractivity contribution < 1.29 is 9.53 Å². The van der Waals surface area contributed by atoms with Gasteiger partial charge in [0.25, 0.3) is 5.91 Å². The van der Waals surface area contributed by atoms with Crippen LogP contribution in [0.25, 0.3) is 10.2 Å². The molecular formula is C18H18N2O3S. The lowest BCUT2D eigenvalue weighted by molar-refractivity contribution is -0.118. The molecule has 0 aliphatic carbocycles. The van der Waals surface area contributed by atoms with Gasteiger partial charge in [0.2, 0.25) is 0 Å². The van der Waals surface area contributed by atoms with Crippen LogP contribution in [0.5, 0.6) is 5.75 Å². The summed E-state index contributed by atoms with van der Waals surface area (Å²) in [6.45, 7) is 3.89. The minimum atomic E-state index is -0.242. The Hall–Kier alpha value is -2.60. The molecule has 1 heterocycles. The predicted octanol–water partition coefficient (Wildman–Crippen LogP) is 3.66. The zero-order chi connectivity index (χ0) is 17.1. The number of hydrogen-bond donors (Lipinski definition) is 1. The molecule has 0 bridgehead atoms. The summed E-state index contributed by atoms with van der Waals surface area (Å²) >= 11 is 1.18. The maximum Gasteiger partial charge on any atom is 0.308 e. The Morgan fingerprint density at radius 3 is 2.67 bits per heavy atom. The van der Waals surface area contributed by atoms with Gasteiger partial charge in [0.15, 0.2) is 6.61 Å². The molecule has 0 radical (unpaired) electrons. The van der Waals surface area contributed by atoms with Gasteiger partial charge in [0.1, 0.15) is 5.75 Å². The molecule has 0 aliphatic heterocycles. The average Bonchev–Trinajstić information content (AvgIpc) is 2.89. The number of nitrogens with zero attached hydrogens (tertiary/aromatic N) is 1. The molecular weight excluding hydrogens is 324 g/mol. The van der Waals surface area contributed by atoms with Crippen LogP contribution < -0.4 is 14.9 Å². The van der Waals surface area contributed by atoms with E-state index in [9.17, 15) is 9.59 Å². The first kappa shape index (κ1) is 16.3. The Balaban J connectivity index is 1.71. The van der Waals surface area contributed by atoms with E-state index in [2.05, 4.69) is 5.32 Å². The molecule has 0 saturated heterocycles. The van der Waals surface area contributed by atoms with Gasteiger partial charge in [0, 0.05) is 11.7 Å². The smallest absolute Gasteiger partial charge is 0.308 e. The van der Waals surface area contributed by atoms with Crippen LogP contribution >= 0.6 is 11.3 Å². The number of benzene rings is 2. The fourth-order valence-electron chi connectivity index (χ4n) is 2.47. The molecule has 1 aromatic heterocycles. The molecule has 124 valence electrons. The first-order valence-corrected chi connectivity index (χ1v) is 8.49. The molecule has 3 aromatic rings. The standard InChI is InChI=1S/C18H18N2O3S/c1-12(2)20-15-9-8-13(10-16(15)24-18(20)22)19-17(21)11-23-14-6-4-3-5-7-14/h3-10,12H,11H2,1-2H3,(H,19,21). The van der Waals surface area contributed by atoms with Crippen LogP contribution in [-0.2, 0) is 4.79 Å². The molecule has 0 aliphatic rings. The van der Waals surface area contributed by atoms with E-state index in [4.69, 9.17) is 4.74 Å². The summed E-state index contributed by atoms with van der Waals surface area (Å²) in [5, 5.41) is 2.79. The number of rotatable bonds is 5. The third kappa shape index (κ3) is 3.49. The summed E-state index contributed by atoms with van der Waals surface area (Å²) in [6.07, 6.45) is 0. The number of ether oxygens (including phenoxy) is 1. The summed E-state index contributed by atoms with van der Waals surface area (Å²) in [4.78, 5) is 24.1. The van der Waals surface area contributed by atoms with Crippen LogP contribution in [0.2, 0.25) is 0 Å². The second kappa shape index (κ2) is 6.88. The van der Waals surface area contributed by atoms with Crippen LogP contribution in [0.3, 0.4) is 0 Å². The molecule has 1 amide bonds. The van der Waals surface area contributed by atoms with Gasteiger partial charge in [-0.05, 0) is 44.2 Å². The maximum absolute atomic E-state index is 12.0. The number of hydrogen-bond acceptors (Lipinski definition) is 4.